The largest absolute Gasteiger partial charge is 0.489 e. The van der Waals surface area contributed by atoms with Crippen molar-refractivity contribution in [1.29, 1.82) is 0 Å². The highest BCUT2D eigenvalue weighted by Gasteiger charge is 2.30. The molecule has 1 unspecified atom stereocenters. The quantitative estimate of drug-likeness (QED) is 0.310. The molecule has 0 amide bonds. The highest BCUT2D eigenvalue weighted by molar-refractivity contribution is 5.89. The van der Waals surface area contributed by atoms with Crippen LogP contribution in [0.15, 0.2) is 84.9 Å². The van der Waals surface area contributed by atoms with Crippen LogP contribution in [0, 0.1) is 6.92 Å². The van der Waals surface area contributed by atoms with Gasteiger partial charge in [-0.2, -0.15) is 0 Å². The molecular formula is C30H30ClNO3. The van der Waals surface area contributed by atoms with E-state index in [0.717, 1.165) is 35.4 Å². The number of carbonyl (C=O) groups is 1. The van der Waals surface area contributed by atoms with Gasteiger partial charge < -0.3 is 15.2 Å². The van der Waals surface area contributed by atoms with Gasteiger partial charge in [0.15, 0.2) is 0 Å². The third-order valence-corrected chi connectivity index (χ3v) is 6.91. The van der Waals surface area contributed by atoms with Gasteiger partial charge in [-0.3, -0.25) is 0 Å². The van der Waals surface area contributed by atoms with E-state index < -0.39 is 5.97 Å². The zero-order chi connectivity index (χ0) is 23.7. The number of rotatable bonds is 6. The number of fused-ring (bicyclic) bond motifs is 2. The zero-order valence-corrected chi connectivity index (χ0v) is 20.7. The SMILES string of the molecule is Cc1cc([C@@H]2C[C@H](CNC(C)c3cccc4ccccc34)Oc3ccccc32)ccc1C(=O)O.Cl. The van der Waals surface area contributed by atoms with Crippen molar-refractivity contribution in [1.82, 2.24) is 5.32 Å². The highest BCUT2D eigenvalue weighted by Crippen LogP contribution is 2.40. The van der Waals surface area contributed by atoms with Gasteiger partial charge in [0, 0.05) is 24.1 Å². The van der Waals surface area contributed by atoms with Gasteiger partial charge in [0.1, 0.15) is 11.9 Å². The Kier molecular flexibility index (Phi) is 7.44. The van der Waals surface area contributed by atoms with E-state index in [4.69, 9.17) is 4.74 Å². The Balaban J connectivity index is 0.00000289. The fourth-order valence-electron chi connectivity index (χ4n) is 5.12. The molecule has 0 aliphatic carbocycles. The van der Waals surface area contributed by atoms with Crippen LogP contribution < -0.4 is 10.1 Å². The van der Waals surface area contributed by atoms with Crippen molar-refractivity contribution in [2.45, 2.75) is 38.3 Å². The average molecular weight is 488 g/mol. The Morgan fingerprint density at radius 3 is 2.57 bits per heavy atom. The molecule has 5 heteroatoms. The van der Waals surface area contributed by atoms with Gasteiger partial charge in [0.05, 0.1) is 5.56 Å². The third kappa shape index (κ3) is 5.04. The maximum absolute atomic E-state index is 11.5. The van der Waals surface area contributed by atoms with E-state index in [1.54, 1.807) is 6.07 Å². The van der Waals surface area contributed by atoms with Crippen LogP contribution in [0.5, 0.6) is 5.75 Å². The van der Waals surface area contributed by atoms with Gasteiger partial charge >= 0.3 is 5.97 Å². The summed E-state index contributed by atoms with van der Waals surface area (Å²) in [4.78, 5) is 11.5. The first kappa shape index (κ1) is 24.8. The molecule has 0 aromatic heterocycles. The zero-order valence-electron chi connectivity index (χ0n) is 19.9. The Hall–Kier alpha value is -3.34. The molecule has 35 heavy (non-hydrogen) atoms. The predicted molar refractivity (Wildman–Crippen MR) is 143 cm³/mol. The summed E-state index contributed by atoms with van der Waals surface area (Å²) in [6.45, 7) is 4.79. The second-order valence-corrected chi connectivity index (χ2v) is 9.14. The lowest BCUT2D eigenvalue weighted by Crippen LogP contribution is -2.37. The molecule has 4 aromatic carbocycles. The van der Waals surface area contributed by atoms with Crippen LogP contribution in [0.3, 0.4) is 0 Å². The Morgan fingerprint density at radius 2 is 1.77 bits per heavy atom. The lowest BCUT2D eigenvalue weighted by Gasteiger charge is -2.33. The minimum Gasteiger partial charge on any atom is -0.489 e. The maximum Gasteiger partial charge on any atom is 0.335 e. The summed E-state index contributed by atoms with van der Waals surface area (Å²) < 4.78 is 6.39. The van der Waals surface area contributed by atoms with Crippen molar-refractivity contribution < 1.29 is 14.6 Å². The predicted octanol–water partition coefficient (Wildman–Crippen LogP) is 6.90. The van der Waals surface area contributed by atoms with Gasteiger partial charge in [-0.1, -0.05) is 72.8 Å². The number of carboxylic acids is 1. The summed E-state index contributed by atoms with van der Waals surface area (Å²) in [6, 6.07) is 29.0. The van der Waals surface area contributed by atoms with Crippen LogP contribution >= 0.6 is 12.4 Å². The standard InChI is InChI=1S/C30H29NO3.ClH/c1-19-16-22(14-15-24(19)30(32)33)28-17-23(34-29-13-6-5-11-27(28)29)18-31-20(2)25-12-7-9-21-8-3-4-10-26(21)25;/h3-16,20,23,28,31H,17-18H2,1-2H3,(H,32,33);1H/t20?,23-,28+;/m1./s1. The van der Waals surface area contributed by atoms with Crippen LogP contribution in [-0.4, -0.2) is 23.7 Å². The molecule has 1 heterocycles. The molecule has 0 fully saturated rings. The molecule has 0 spiro atoms. The lowest BCUT2D eigenvalue weighted by atomic mass is 9.83. The lowest BCUT2D eigenvalue weighted by molar-refractivity contribution is 0.0696. The Morgan fingerprint density at radius 1 is 1.03 bits per heavy atom. The summed E-state index contributed by atoms with van der Waals surface area (Å²) in [5.74, 6) is 0.176. The smallest absolute Gasteiger partial charge is 0.335 e. The normalized spacial score (nSPS) is 17.7. The average Bonchev–Trinajstić information content (AvgIpc) is 2.86. The van der Waals surface area contributed by atoms with Crippen LogP contribution in [0.25, 0.3) is 10.8 Å². The van der Waals surface area contributed by atoms with Crippen LogP contribution in [-0.2, 0) is 0 Å². The van der Waals surface area contributed by atoms with E-state index in [1.807, 2.05) is 37.3 Å². The number of nitrogens with one attached hydrogen (secondary N) is 1. The van der Waals surface area contributed by atoms with Crippen LogP contribution in [0.1, 0.15) is 57.9 Å². The molecule has 1 aliphatic heterocycles. The molecule has 0 radical (unpaired) electrons. The molecule has 180 valence electrons. The molecule has 4 nitrogen and oxygen atoms in total. The molecule has 3 atom stereocenters. The molecular weight excluding hydrogens is 458 g/mol. The summed E-state index contributed by atoms with van der Waals surface area (Å²) in [5, 5.41) is 15.6. The number of aromatic carboxylic acids is 1. The van der Waals surface area contributed by atoms with Crippen molar-refractivity contribution >= 4 is 29.1 Å². The molecule has 5 rings (SSSR count). The number of para-hydroxylation sites is 1. The Labute approximate surface area is 212 Å². The first-order chi connectivity index (χ1) is 16.5. The number of hydrogen-bond donors (Lipinski definition) is 2. The van der Waals surface area contributed by atoms with Crippen LogP contribution in [0.4, 0.5) is 0 Å². The van der Waals surface area contributed by atoms with Gasteiger partial charge in [-0.25, -0.2) is 4.79 Å². The van der Waals surface area contributed by atoms with E-state index >= 15 is 0 Å². The molecule has 1 aliphatic rings. The molecule has 0 saturated carbocycles. The maximum atomic E-state index is 11.5. The van der Waals surface area contributed by atoms with Crippen molar-refractivity contribution in [3.8, 4) is 5.75 Å². The van der Waals surface area contributed by atoms with E-state index in [-0.39, 0.29) is 30.5 Å². The molecule has 4 aromatic rings. The van der Waals surface area contributed by atoms with Gasteiger partial charge in [0.25, 0.3) is 0 Å². The second-order valence-electron chi connectivity index (χ2n) is 9.14. The Bertz CT molecular complexity index is 1350. The summed E-state index contributed by atoms with van der Waals surface area (Å²) in [7, 11) is 0. The minimum atomic E-state index is -0.888. The number of carboxylic acid groups (broad SMARTS) is 1. The highest BCUT2D eigenvalue weighted by atomic mass is 35.5. The summed E-state index contributed by atoms with van der Waals surface area (Å²) >= 11 is 0. The van der Waals surface area contributed by atoms with E-state index in [9.17, 15) is 9.90 Å². The first-order valence-electron chi connectivity index (χ1n) is 11.8. The summed E-state index contributed by atoms with van der Waals surface area (Å²) in [5.41, 5.74) is 4.71. The molecule has 0 bridgehead atoms. The number of benzene rings is 4. The van der Waals surface area contributed by atoms with Gasteiger partial charge in [-0.15, -0.1) is 12.4 Å². The van der Waals surface area contributed by atoms with Gasteiger partial charge in [0.2, 0.25) is 0 Å². The first-order valence-corrected chi connectivity index (χ1v) is 11.8. The molecule has 2 N–H and O–H groups in total. The topological polar surface area (TPSA) is 58.6 Å². The fraction of sp³-hybridized carbons (Fsp3) is 0.233. The summed E-state index contributed by atoms with van der Waals surface area (Å²) in [6.07, 6.45) is 0.842. The third-order valence-electron chi connectivity index (χ3n) is 6.91. The molecule has 0 saturated heterocycles. The van der Waals surface area contributed by atoms with E-state index in [0.29, 0.717) is 5.56 Å². The number of halogens is 1. The second kappa shape index (κ2) is 10.5. The van der Waals surface area contributed by atoms with Crippen LogP contribution in [0.2, 0.25) is 0 Å². The van der Waals surface area contributed by atoms with Crippen molar-refractivity contribution in [2.75, 3.05) is 6.54 Å². The number of aryl methyl sites for hydroxylation is 1. The van der Waals surface area contributed by atoms with Crippen molar-refractivity contribution in [3.05, 3.63) is 113 Å². The van der Waals surface area contributed by atoms with E-state index in [2.05, 4.69) is 60.8 Å². The minimum absolute atomic E-state index is 0. The van der Waals surface area contributed by atoms with E-state index in [1.165, 1.54) is 16.3 Å². The van der Waals surface area contributed by atoms with Crippen molar-refractivity contribution in [2.24, 2.45) is 0 Å². The van der Waals surface area contributed by atoms with Gasteiger partial charge in [-0.05, 0) is 59.9 Å². The fourth-order valence-corrected chi connectivity index (χ4v) is 5.12. The monoisotopic (exact) mass is 487 g/mol. The number of ether oxygens (including phenoxy) is 1. The number of hydrogen-bond acceptors (Lipinski definition) is 3. The van der Waals surface area contributed by atoms with Crippen molar-refractivity contribution in [3.63, 3.8) is 0 Å².